The van der Waals surface area contributed by atoms with E-state index >= 15 is 0 Å². The highest BCUT2D eigenvalue weighted by Crippen LogP contribution is 2.41. The molecular weight excluding hydrogens is 424 g/mol. The van der Waals surface area contributed by atoms with E-state index < -0.39 is 11.6 Å². The molecule has 0 atom stereocenters. The minimum absolute atomic E-state index is 0.221. The van der Waals surface area contributed by atoms with Crippen LogP contribution in [-0.2, 0) is 19.3 Å². The molecule has 0 saturated heterocycles. The smallest absolute Gasteiger partial charge is 0.195 e. The second-order valence-electron chi connectivity index (χ2n) is 6.98. The van der Waals surface area contributed by atoms with Crippen molar-refractivity contribution in [1.82, 2.24) is 15.0 Å². The van der Waals surface area contributed by atoms with Crippen molar-refractivity contribution in [3.63, 3.8) is 0 Å². The Kier molecular flexibility index (Phi) is 4.96. The molecular formula is C22H15F2N3OS2. The molecule has 3 aromatic heterocycles. The van der Waals surface area contributed by atoms with Crippen LogP contribution in [0.2, 0.25) is 0 Å². The normalized spacial score (nSPS) is 12.9. The maximum atomic E-state index is 13.9. The molecule has 0 fully saturated rings. The molecule has 1 aromatic carbocycles. The van der Waals surface area contributed by atoms with Crippen LogP contribution in [-0.4, -0.2) is 20.7 Å². The third-order valence-corrected chi connectivity index (χ3v) is 7.28. The predicted octanol–water partition coefficient (Wildman–Crippen LogP) is 5.52. The first-order valence-corrected chi connectivity index (χ1v) is 11.1. The second-order valence-corrected chi connectivity index (χ2v) is 9.06. The molecule has 0 N–H and O–H groups in total. The number of Topliss-reactive ketones (excluding diaryl/α,β-unsaturated/α-hetero) is 1. The first kappa shape index (κ1) is 19.1. The van der Waals surface area contributed by atoms with Gasteiger partial charge in [0.05, 0.1) is 16.3 Å². The third kappa shape index (κ3) is 3.46. The number of hydrogen-bond acceptors (Lipinski definition) is 6. The summed E-state index contributed by atoms with van der Waals surface area (Å²) in [7, 11) is 0. The maximum absolute atomic E-state index is 13.9. The predicted molar refractivity (Wildman–Crippen MR) is 113 cm³/mol. The molecule has 0 saturated carbocycles. The quantitative estimate of drug-likeness (QED) is 0.393. The lowest BCUT2D eigenvalue weighted by molar-refractivity contribution is 0.0990. The van der Waals surface area contributed by atoms with Gasteiger partial charge in [-0.3, -0.25) is 9.78 Å². The number of aromatic nitrogens is 3. The maximum Gasteiger partial charge on any atom is 0.195 e. The van der Waals surface area contributed by atoms with E-state index in [1.54, 1.807) is 23.7 Å². The zero-order valence-electron chi connectivity index (χ0n) is 15.7. The van der Waals surface area contributed by atoms with E-state index in [1.165, 1.54) is 17.4 Å². The van der Waals surface area contributed by atoms with Crippen LogP contribution in [0.25, 0.3) is 21.1 Å². The van der Waals surface area contributed by atoms with Crippen molar-refractivity contribution in [2.75, 3.05) is 0 Å². The molecule has 1 aliphatic carbocycles. The fourth-order valence-electron chi connectivity index (χ4n) is 3.49. The van der Waals surface area contributed by atoms with Crippen LogP contribution >= 0.6 is 22.7 Å². The Morgan fingerprint density at radius 1 is 1.03 bits per heavy atom. The van der Waals surface area contributed by atoms with Crippen molar-refractivity contribution in [3.05, 3.63) is 75.5 Å². The van der Waals surface area contributed by atoms with E-state index in [9.17, 15) is 13.6 Å². The van der Waals surface area contributed by atoms with Crippen LogP contribution in [0.1, 0.15) is 32.4 Å². The first-order valence-electron chi connectivity index (χ1n) is 9.46. The monoisotopic (exact) mass is 439 g/mol. The van der Waals surface area contributed by atoms with E-state index in [-0.39, 0.29) is 22.8 Å². The van der Waals surface area contributed by atoms with Gasteiger partial charge in [0, 0.05) is 34.8 Å². The molecule has 0 radical (unpaired) electrons. The molecule has 0 aliphatic heterocycles. The van der Waals surface area contributed by atoms with E-state index in [2.05, 4.69) is 9.97 Å². The second kappa shape index (κ2) is 7.77. The summed E-state index contributed by atoms with van der Waals surface area (Å²) < 4.78 is 27.9. The number of fused-ring (bicyclic) bond motifs is 3. The number of carbonyl (C=O) groups is 1. The number of thiazole rings is 2. The van der Waals surface area contributed by atoms with Crippen LogP contribution in [0.15, 0.2) is 42.7 Å². The molecule has 4 aromatic rings. The average molecular weight is 440 g/mol. The molecule has 0 unspecified atom stereocenters. The Bertz CT molecular complexity index is 1230. The van der Waals surface area contributed by atoms with Crippen molar-refractivity contribution in [2.45, 2.75) is 25.7 Å². The molecule has 0 spiro atoms. The van der Waals surface area contributed by atoms with Gasteiger partial charge >= 0.3 is 0 Å². The van der Waals surface area contributed by atoms with Crippen molar-refractivity contribution in [3.8, 4) is 21.1 Å². The van der Waals surface area contributed by atoms with Gasteiger partial charge in [-0.1, -0.05) is 6.07 Å². The van der Waals surface area contributed by atoms with Crippen molar-refractivity contribution in [2.24, 2.45) is 0 Å². The summed E-state index contributed by atoms with van der Waals surface area (Å²) in [4.78, 5) is 28.3. The van der Waals surface area contributed by atoms with Gasteiger partial charge in [0.25, 0.3) is 0 Å². The number of pyridine rings is 1. The number of hydrogen-bond donors (Lipinski definition) is 0. The summed E-state index contributed by atoms with van der Waals surface area (Å²) >= 11 is 2.90. The lowest BCUT2D eigenvalue weighted by Crippen LogP contribution is -2.07. The van der Waals surface area contributed by atoms with Crippen LogP contribution < -0.4 is 0 Å². The van der Waals surface area contributed by atoms with Gasteiger partial charge in [-0.15, -0.1) is 22.7 Å². The van der Waals surface area contributed by atoms with Crippen LogP contribution in [0, 0.1) is 11.6 Å². The highest BCUT2D eigenvalue weighted by atomic mass is 32.1. The van der Waals surface area contributed by atoms with Crippen LogP contribution in [0.5, 0.6) is 0 Å². The summed E-state index contributed by atoms with van der Waals surface area (Å²) in [5, 5.41) is 1.15. The first-order chi connectivity index (χ1) is 14.6. The minimum Gasteiger partial charge on any atom is -0.291 e. The minimum atomic E-state index is -0.718. The molecule has 150 valence electrons. The number of carbonyl (C=O) groups excluding carboxylic acids is 1. The lowest BCUT2D eigenvalue weighted by atomic mass is 10.1. The zero-order valence-corrected chi connectivity index (χ0v) is 17.3. The van der Waals surface area contributed by atoms with Gasteiger partial charge in [-0.05, 0) is 43.5 Å². The fraction of sp³-hybridized carbons (Fsp3) is 0.182. The number of nitrogens with zero attached hydrogens (tertiary/aromatic N) is 3. The SMILES string of the molecule is O=C(Cc1c(F)cccc1F)c1nc2c(s1)-c1nc(-c3cccnc3)sc1CCC2. The standard InChI is InChI=1S/C22H15F2N3OS2/c23-14-5-1-6-15(24)13(14)10-17(28)22-26-16-7-2-8-18-19(20(16)30-22)27-21(29-18)12-4-3-9-25-11-12/h1,3-6,9,11H,2,7-8,10H2. The van der Waals surface area contributed by atoms with Gasteiger partial charge < -0.3 is 0 Å². The van der Waals surface area contributed by atoms with Crippen molar-refractivity contribution >= 4 is 28.5 Å². The third-order valence-electron chi connectivity index (χ3n) is 4.97. The van der Waals surface area contributed by atoms with E-state index in [0.29, 0.717) is 0 Å². The Hall–Kier alpha value is -2.84. The molecule has 1 aliphatic rings. The van der Waals surface area contributed by atoms with Gasteiger partial charge in [0.2, 0.25) is 0 Å². The van der Waals surface area contributed by atoms with E-state index in [4.69, 9.17) is 4.98 Å². The van der Waals surface area contributed by atoms with E-state index in [0.717, 1.165) is 63.1 Å². The average Bonchev–Trinajstić information content (AvgIpc) is 3.33. The Morgan fingerprint density at radius 3 is 2.63 bits per heavy atom. The number of ketones is 1. The highest BCUT2D eigenvalue weighted by molar-refractivity contribution is 7.18. The van der Waals surface area contributed by atoms with Crippen molar-refractivity contribution in [1.29, 1.82) is 0 Å². The fourth-order valence-corrected chi connectivity index (χ4v) is 5.72. The number of rotatable bonds is 4. The highest BCUT2D eigenvalue weighted by Gasteiger charge is 2.26. The Morgan fingerprint density at radius 2 is 1.87 bits per heavy atom. The summed E-state index contributed by atoms with van der Waals surface area (Å²) in [5.74, 6) is -1.82. The molecule has 8 heteroatoms. The molecule has 30 heavy (non-hydrogen) atoms. The molecule has 0 amide bonds. The van der Waals surface area contributed by atoms with Gasteiger partial charge in [-0.25, -0.2) is 18.7 Å². The zero-order chi connectivity index (χ0) is 20.7. The van der Waals surface area contributed by atoms with Gasteiger partial charge in [0.1, 0.15) is 16.6 Å². The number of halogens is 2. The van der Waals surface area contributed by atoms with Crippen LogP contribution in [0.4, 0.5) is 8.78 Å². The van der Waals surface area contributed by atoms with E-state index in [1.807, 2.05) is 12.1 Å². The van der Waals surface area contributed by atoms with Crippen LogP contribution in [0.3, 0.4) is 0 Å². The number of benzene rings is 1. The number of aryl methyl sites for hydroxylation is 2. The van der Waals surface area contributed by atoms with Gasteiger partial charge in [0.15, 0.2) is 10.8 Å². The summed E-state index contributed by atoms with van der Waals surface area (Å²) in [5.41, 5.74) is 2.42. The topological polar surface area (TPSA) is 55.7 Å². The lowest BCUT2D eigenvalue weighted by Gasteiger charge is -2.02. The molecule has 0 bridgehead atoms. The molecule has 4 nitrogen and oxygen atoms in total. The Balaban J connectivity index is 1.50. The molecule has 3 heterocycles. The van der Waals surface area contributed by atoms with Gasteiger partial charge in [-0.2, -0.15) is 0 Å². The Labute approximate surface area is 179 Å². The van der Waals surface area contributed by atoms with Crippen molar-refractivity contribution < 1.29 is 13.6 Å². The summed E-state index contributed by atoms with van der Waals surface area (Å²) in [6, 6.07) is 7.44. The molecule has 5 rings (SSSR count). The summed E-state index contributed by atoms with van der Waals surface area (Å²) in [6.07, 6.45) is 5.71. The summed E-state index contributed by atoms with van der Waals surface area (Å²) in [6.45, 7) is 0. The largest absolute Gasteiger partial charge is 0.291 e.